The van der Waals surface area contributed by atoms with Gasteiger partial charge in [-0.1, -0.05) is 135 Å². The number of halogens is 1. The Labute approximate surface area is 301 Å². The first-order valence-corrected chi connectivity index (χ1v) is 17.7. The Kier molecular flexibility index (Phi) is 25.9. The molecule has 2 rings (SSSR count). The highest BCUT2D eigenvalue weighted by Crippen LogP contribution is 2.24. The molecule has 0 saturated carbocycles. The zero-order chi connectivity index (χ0) is 36.2. The van der Waals surface area contributed by atoms with Crippen LogP contribution in [0.2, 0.25) is 0 Å². The van der Waals surface area contributed by atoms with Gasteiger partial charge in [-0.15, -0.1) is 0 Å². The second-order valence-electron chi connectivity index (χ2n) is 10.8. The topological polar surface area (TPSA) is 57.1 Å². The summed E-state index contributed by atoms with van der Waals surface area (Å²) < 4.78 is 0. The third-order valence-electron chi connectivity index (χ3n) is 6.28. The molecule has 0 aliphatic rings. The molecule has 5 nitrogen and oxygen atoms in total. The van der Waals surface area contributed by atoms with Crippen LogP contribution in [0.5, 0.6) is 0 Å². The summed E-state index contributed by atoms with van der Waals surface area (Å²) in [6.45, 7) is 28.7. The molecule has 0 aliphatic heterocycles. The first kappa shape index (κ1) is 44.1. The number of rotatable bonds is 19. The van der Waals surface area contributed by atoms with Gasteiger partial charge in [0, 0.05) is 36.8 Å². The summed E-state index contributed by atoms with van der Waals surface area (Å²) in [6.07, 6.45) is 11.2. The van der Waals surface area contributed by atoms with E-state index >= 15 is 0 Å². The van der Waals surface area contributed by atoms with Crippen LogP contribution in [0.4, 0.5) is 0 Å². The molecule has 0 saturated heterocycles. The lowest BCUT2D eigenvalue weighted by atomic mass is 10.1. The van der Waals surface area contributed by atoms with E-state index in [1.165, 1.54) is 22.9 Å². The molecule has 7 heteroatoms. The summed E-state index contributed by atoms with van der Waals surface area (Å²) >= 11 is 7.14. The first-order chi connectivity index (χ1) is 23.0. The maximum Gasteiger partial charge on any atom is 0.138 e. The summed E-state index contributed by atoms with van der Waals surface area (Å²) in [5, 5.41) is 20.8. The molecule has 0 atom stereocenters. The number of aliphatic hydroxyl groups excluding tert-OH is 1. The van der Waals surface area contributed by atoms with Gasteiger partial charge in [0.15, 0.2) is 0 Å². The molecule has 0 aliphatic carbocycles. The molecule has 0 fully saturated rings. The third kappa shape index (κ3) is 22.6. The van der Waals surface area contributed by atoms with Crippen LogP contribution < -0.4 is 5.32 Å². The summed E-state index contributed by atoms with van der Waals surface area (Å²) in [5.41, 5.74) is 6.71. The monoisotopic (exact) mass is 691 g/mol. The highest BCUT2D eigenvalue weighted by Gasteiger charge is 2.10. The fourth-order valence-electron chi connectivity index (χ4n) is 3.80. The zero-order valence-electron chi connectivity index (χ0n) is 30.3. The van der Waals surface area contributed by atoms with Crippen molar-refractivity contribution in [3.05, 3.63) is 148 Å². The lowest BCUT2D eigenvalue weighted by Gasteiger charge is -2.26. The molecule has 0 amide bonds. The van der Waals surface area contributed by atoms with Gasteiger partial charge in [-0.25, -0.2) is 0 Å². The van der Waals surface area contributed by atoms with Gasteiger partial charge in [0.05, 0.1) is 17.0 Å². The van der Waals surface area contributed by atoms with Gasteiger partial charge in [-0.2, -0.15) is 0 Å². The fourth-order valence-corrected chi connectivity index (χ4v) is 4.57. The molecular formula is C41H58ClN3O2S. The lowest BCUT2D eigenvalue weighted by Crippen LogP contribution is -2.23. The van der Waals surface area contributed by atoms with E-state index in [9.17, 15) is 5.11 Å². The number of hydrogen-bond donors (Lipinski definition) is 2. The van der Waals surface area contributed by atoms with Crippen molar-refractivity contribution in [3.63, 3.8) is 0 Å². The maximum absolute atomic E-state index is 9.80. The summed E-state index contributed by atoms with van der Waals surface area (Å²) in [4.78, 5) is 7.56. The fraction of sp³-hybridized carbons (Fsp3) is 0.341. The number of aliphatic hydroxyl groups is 1. The number of thioether (sulfide) groups is 1. The standard InChI is InChI=1S/C32H41N3O2S.C7H11Cl.C2H6/c1-6-11-32(36)18-21-33-27(4)31-16-14-30(15-17-31)23-35(22-19-29-12-9-8-10-13-29)28(5)38-25-26(3)24-37-34-20-7-2;1-6(2)4-5-7(3)8;1-2/h7-17,20,25,33,36H,2,4-6,18-19,21-24H2,1,3H3;4-5H,1-3H3;1-2H3/b26-25+,32-11?,34-20-;7-5+;. The number of nitrogens with zero attached hydrogens (tertiary/aromatic N) is 2. The maximum atomic E-state index is 9.80. The van der Waals surface area contributed by atoms with Crippen molar-refractivity contribution in [2.45, 2.75) is 74.3 Å². The minimum Gasteiger partial charge on any atom is -0.513 e. The molecule has 2 N–H and O–H groups in total. The molecule has 0 aromatic heterocycles. The predicted molar refractivity (Wildman–Crippen MR) is 215 cm³/mol. The van der Waals surface area contributed by atoms with Crippen molar-refractivity contribution < 1.29 is 9.94 Å². The van der Waals surface area contributed by atoms with Crippen LogP contribution in [0.3, 0.4) is 0 Å². The van der Waals surface area contributed by atoms with Crippen LogP contribution in [0.15, 0.2) is 136 Å². The second kappa shape index (κ2) is 28.2. The Balaban J connectivity index is 0.00000193. The summed E-state index contributed by atoms with van der Waals surface area (Å²) in [6, 6.07) is 18.9. The molecule has 0 heterocycles. The van der Waals surface area contributed by atoms with E-state index in [0.29, 0.717) is 25.3 Å². The number of oxime groups is 1. The van der Waals surface area contributed by atoms with E-state index in [4.69, 9.17) is 16.4 Å². The Morgan fingerprint density at radius 3 is 2.23 bits per heavy atom. The van der Waals surface area contributed by atoms with Crippen LogP contribution in [0.1, 0.15) is 78.0 Å². The molecule has 2 aromatic rings. The number of hydrogen-bond acceptors (Lipinski definition) is 6. The van der Waals surface area contributed by atoms with Gasteiger partial charge in [0.2, 0.25) is 0 Å². The van der Waals surface area contributed by atoms with E-state index in [2.05, 4.69) is 89.0 Å². The largest absolute Gasteiger partial charge is 0.513 e. The number of nitrogens with one attached hydrogen (secondary N) is 1. The Morgan fingerprint density at radius 1 is 1.00 bits per heavy atom. The molecule has 262 valence electrons. The highest BCUT2D eigenvalue weighted by molar-refractivity contribution is 8.05. The van der Waals surface area contributed by atoms with Gasteiger partial charge in [0.25, 0.3) is 0 Å². The minimum absolute atomic E-state index is 0.413. The Bertz CT molecular complexity index is 1340. The van der Waals surface area contributed by atoms with Crippen molar-refractivity contribution >= 4 is 35.3 Å². The Morgan fingerprint density at radius 2 is 1.67 bits per heavy atom. The summed E-state index contributed by atoms with van der Waals surface area (Å²) in [7, 11) is 0. The lowest BCUT2D eigenvalue weighted by molar-refractivity contribution is 0.170. The van der Waals surface area contributed by atoms with E-state index in [-0.39, 0.29) is 0 Å². The van der Waals surface area contributed by atoms with Crippen LogP contribution >= 0.6 is 23.4 Å². The number of benzene rings is 2. The van der Waals surface area contributed by atoms with Crippen LogP contribution in [-0.4, -0.2) is 35.9 Å². The van der Waals surface area contributed by atoms with Crippen molar-refractivity contribution in [2.24, 2.45) is 5.16 Å². The molecule has 0 spiro atoms. The first-order valence-electron chi connectivity index (χ1n) is 16.5. The number of allylic oxidation sites excluding steroid dienone is 6. The summed E-state index contributed by atoms with van der Waals surface area (Å²) in [5.74, 6) is 0.413. The molecule has 2 aromatic carbocycles. The van der Waals surface area contributed by atoms with Crippen LogP contribution in [0, 0.1) is 0 Å². The molecule has 48 heavy (non-hydrogen) atoms. The van der Waals surface area contributed by atoms with E-state index in [1.807, 2.05) is 72.8 Å². The van der Waals surface area contributed by atoms with Gasteiger partial charge in [-0.3, -0.25) is 0 Å². The predicted octanol–water partition coefficient (Wildman–Crippen LogP) is 12.0. The minimum atomic E-state index is 0.413. The quantitative estimate of drug-likeness (QED) is 0.0664. The average Bonchev–Trinajstić information content (AvgIpc) is 3.08. The van der Waals surface area contributed by atoms with Crippen LogP contribution in [0.25, 0.3) is 5.70 Å². The highest BCUT2D eigenvalue weighted by atomic mass is 35.5. The van der Waals surface area contributed by atoms with E-state index in [0.717, 1.165) is 52.8 Å². The second-order valence-corrected chi connectivity index (χ2v) is 12.4. The van der Waals surface area contributed by atoms with E-state index < -0.39 is 0 Å². The molecular weight excluding hydrogens is 634 g/mol. The Hall–Kier alpha value is -3.87. The van der Waals surface area contributed by atoms with Gasteiger partial charge in [-0.05, 0) is 86.4 Å². The van der Waals surface area contributed by atoms with Gasteiger partial charge >= 0.3 is 0 Å². The van der Waals surface area contributed by atoms with Crippen molar-refractivity contribution in [1.82, 2.24) is 10.2 Å². The van der Waals surface area contributed by atoms with Crippen molar-refractivity contribution in [2.75, 3.05) is 19.7 Å². The van der Waals surface area contributed by atoms with E-state index in [1.54, 1.807) is 17.8 Å². The van der Waals surface area contributed by atoms with Gasteiger partial charge in [0.1, 0.15) is 6.61 Å². The molecule has 0 bridgehead atoms. The smallest absolute Gasteiger partial charge is 0.138 e. The third-order valence-corrected chi connectivity index (χ3v) is 7.45. The zero-order valence-corrected chi connectivity index (χ0v) is 31.8. The van der Waals surface area contributed by atoms with Crippen molar-refractivity contribution in [3.8, 4) is 0 Å². The molecule has 0 unspecified atom stereocenters. The molecule has 0 radical (unpaired) electrons. The SMILES string of the molecule is C=C/C=N\OC/C(C)=C/SC(=C)N(CCc1ccccc1)Cc1ccc(C(=C)NCCC(O)=CCC)cc1.CC.CC(C)=C/C=C(\C)Cl. The van der Waals surface area contributed by atoms with Crippen LogP contribution in [-0.2, 0) is 17.8 Å². The normalized spacial score (nSPS) is 11.4. The average molecular weight is 692 g/mol. The van der Waals surface area contributed by atoms with Gasteiger partial charge < -0.3 is 20.2 Å². The van der Waals surface area contributed by atoms with Crippen molar-refractivity contribution in [1.29, 1.82) is 0 Å².